The first-order chi connectivity index (χ1) is 15.6. The zero-order chi connectivity index (χ0) is 23.4. The van der Waals surface area contributed by atoms with Gasteiger partial charge >= 0.3 is 12.5 Å². The number of halogens is 6. The van der Waals surface area contributed by atoms with Crippen molar-refractivity contribution in [1.82, 2.24) is 29.5 Å². The summed E-state index contributed by atoms with van der Waals surface area (Å²) in [6.45, 7) is 0.311. The van der Waals surface area contributed by atoms with Crippen molar-refractivity contribution in [2.24, 2.45) is 0 Å². The Morgan fingerprint density at radius 1 is 1.06 bits per heavy atom. The lowest BCUT2D eigenvalue weighted by atomic mass is 10.00. The van der Waals surface area contributed by atoms with Gasteiger partial charge in [0, 0.05) is 37.3 Å². The van der Waals surface area contributed by atoms with Crippen LogP contribution in [0.15, 0.2) is 43.1 Å². The number of imidazole rings is 1. The molecule has 0 aliphatic carbocycles. The van der Waals surface area contributed by atoms with E-state index in [0.717, 1.165) is 11.8 Å². The van der Waals surface area contributed by atoms with Crippen molar-refractivity contribution >= 4 is 11.5 Å². The molecule has 1 N–H and O–H groups in total. The Bertz CT molecular complexity index is 1290. The third kappa shape index (κ3) is 3.91. The van der Waals surface area contributed by atoms with Gasteiger partial charge < -0.3 is 14.6 Å². The van der Waals surface area contributed by atoms with Crippen LogP contribution in [0.4, 0.5) is 32.3 Å². The first-order valence-corrected chi connectivity index (χ1v) is 9.52. The number of aromatic nitrogens is 6. The molecule has 0 radical (unpaired) electrons. The van der Waals surface area contributed by atoms with Gasteiger partial charge in [0.1, 0.15) is 11.6 Å². The average Bonchev–Trinajstić information content (AvgIpc) is 3.39. The summed E-state index contributed by atoms with van der Waals surface area (Å²) < 4.78 is 82.5. The van der Waals surface area contributed by atoms with Gasteiger partial charge in [-0.3, -0.25) is 0 Å². The van der Waals surface area contributed by atoms with Crippen LogP contribution in [-0.4, -0.2) is 42.5 Å². The van der Waals surface area contributed by atoms with E-state index in [4.69, 9.17) is 0 Å². The molecule has 4 aromatic rings. The van der Waals surface area contributed by atoms with Crippen LogP contribution in [0.5, 0.6) is 5.75 Å². The molecule has 4 aromatic heterocycles. The van der Waals surface area contributed by atoms with Crippen LogP contribution in [0.2, 0.25) is 0 Å². The molecule has 172 valence electrons. The van der Waals surface area contributed by atoms with Gasteiger partial charge in [-0.25, -0.2) is 19.5 Å². The highest BCUT2D eigenvalue weighted by molar-refractivity contribution is 5.62. The highest BCUT2D eigenvalue weighted by Gasteiger charge is 2.37. The summed E-state index contributed by atoms with van der Waals surface area (Å²) in [5.41, 5.74) is 0.644. The molecular formula is C19H13F6N7O. The van der Waals surface area contributed by atoms with E-state index in [0.29, 0.717) is 36.7 Å². The van der Waals surface area contributed by atoms with Gasteiger partial charge in [-0.05, 0) is 18.2 Å². The predicted octanol–water partition coefficient (Wildman–Crippen LogP) is 3.92. The van der Waals surface area contributed by atoms with Gasteiger partial charge in [0.25, 0.3) is 0 Å². The number of hydrogen-bond acceptors (Lipinski definition) is 6. The number of rotatable bonds is 3. The quantitative estimate of drug-likeness (QED) is 0.458. The molecule has 0 bridgehead atoms. The number of pyridine rings is 1. The maximum Gasteiger partial charge on any atom is 0.573 e. The Labute approximate surface area is 180 Å². The van der Waals surface area contributed by atoms with Gasteiger partial charge in [0.2, 0.25) is 5.95 Å². The number of aromatic amines is 1. The summed E-state index contributed by atoms with van der Waals surface area (Å²) in [4.78, 5) is 16.7. The van der Waals surface area contributed by atoms with Crippen molar-refractivity contribution in [2.45, 2.75) is 25.0 Å². The van der Waals surface area contributed by atoms with E-state index in [9.17, 15) is 26.3 Å². The SMILES string of the molecule is FC(F)(F)Oc1cccn2nc([C@@H]3c4nc[nH]c4CCN3c3ncc(C(F)(F)F)cn3)cc12. The average molecular weight is 469 g/mol. The highest BCUT2D eigenvalue weighted by atomic mass is 19.4. The van der Waals surface area contributed by atoms with Crippen LogP contribution in [0.3, 0.4) is 0 Å². The Morgan fingerprint density at radius 3 is 2.52 bits per heavy atom. The Hall–Kier alpha value is -3.84. The zero-order valence-corrected chi connectivity index (χ0v) is 16.4. The van der Waals surface area contributed by atoms with Gasteiger partial charge in [-0.15, -0.1) is 13.2 Å². The first kappa shape index (κ1) is 21.0. The minimum absolute atomic E-state index is 0.00507. The minimum atomic E-state index is -4.90. The molecule has 1 aliphatic heterocycles. The maximum atomic E-state index is 12.9. The molecule has 0 unspecified atom stereocenters. The van der Waals surface area contributed by atoms with Crippen LogP contribution >= 0.6 is 0 Å². The molecule has 33 heavy (non-hydrogen) atoms. The van der Waals surface area contributed by atoms with E-state index >= 15 is 0 Å². The summed E-state index contributed by atoms with van der Waals surface area (Å²) in [6.07, 6.45) is -4.74. The predicted molar refractivity (Wildman–Crippen MR) is 100 cm³/mol. The van der Waals surface area contributed by atoms with E-state index in [-0.39, 0.29) is 11.5 Å². The Kier molecular flexibility index (Phi) is 4.68. The van der Waals surface area contributed by atoms with Crippen molar-refractivity contribution in [1.29, 1.82) is 0 Å². The molecule has 14 heteroatoms. The molecule has 1 atom stereocenters. The van der Waals surface area contributed by atoms with Crippen molar-refractivity contribution in [2.75, 3.05) is 11.4 Å². The molecule has 0 saturated heterocycles. The van der Waals surface area contributed by atoms with Crippen molar-refractivity contribution < 1.29 is 31.1 Å². The van der Waals surface area contributed by atoms with Gasteiger partial charge in [-0.2, -0.15) is 18.3 Å². The summed E-state index contributed by atoms with van der Waals surface area (Å²) in [6, 6.07) is 3.16. The fourth-order valence-corrected chi connectivity index (χ4v) is 3.76. The molecule has 5 rings (SSSR count). The van der Waals surface area contributed by atoms with Crippen LogP contribution in [0, 0.1) is 0 Å². The number of H-pyrrole nitrogens is 1. The van der Waals surface area contributed by atoms with Gasteiger partial charge in [-0.1, -0.05) is 0 Å². The second kappa shape index (κ2) is 7.35. The largest absolute Gasteiger partial charge is 0.573 e. The molecule has 1 aliphatic rings. The number of nitrogens with one attached hydrogen (secondary N) is 1. The van der Waals surface area contributed by atoms with Crippen LogP contribution in [0.1, 0.15) is 28.7 Å². The lowest BCUT2D eigenvalue weighted by molar-refractivity contribution is -0.274. The number of hydrogen-bond donors (Lipinski definition) is 1. The monoisotopic (exact) mass is 469 g/mol. The maximum absolute atomic E-state index is 12.9. The third-order valence-electron chi connectivity index (χ3n) is 5.14. The summed E-state index contributed by atoms with van der Waals surface area (Å²) >= 11 is 0. The number of anilines is 1. The third-order valence-corrected chi connectivity index (χ3v) is 5.14. The summed E-state index contributed by atoms with van der Waals surface area (Å²) in [5, 5.41) is 4.38. The van der Waals surface area contributed by atoms with E-state index < -0.39 is 29.9 Å². The van der Waals surface area contributed by atoms with E-state index in [1.807, 2.05) is 0 Å². The molecule has 8 nitrogen and oxygen atoms in total. The second-order valence-corrected chi connectivity index (χ2v) is 7.20. The highest BCUT2D eigenvalue weighted by Crippen LogP contribution is 2.37. The van der Waals surface area contributed by atoms with Crippen LogP contribution in [0.25, 0.3) is 5.52 Å². The van der Waals surface area contributed by atoms with Crippen LogP contribution < -0.4 is 9.64 Å². The summed E-state index contributed by atoms with van der Waals surface area (Å²) in [7, 11) is 0. The molecular weight excluding hydrogens is 456 g/mol. The normalized spacial score (nSPS) is 16.8. The Balaban J connectivity index is 1.59. The number of nitrogens with zero attached hydrogens (tertiary/aromatic N) is 6. The smallest absolute Gasteiger partial charge is 0.403 e. The lowest BCUT2D eigenvalue weighted by Crippen LogP contribution is -2.37. The van der Waals surface area contributed by atoms with E-state index in [2.05, 4.69) is 29.8 Å². The van der Waals surface area contributed by atoms with E-state index in [1.54, 1.807) is 4.90 Å². The van der Waals surface area contributed by atoms with Crippen molar-refractivity contribution in [3.63, 3.8) is 0 Å². The molecule has 0 amide bonds. The summed E-state index contributed by atoms with van der Waals surface area (Å²) in [5.74, 6) is -0.440. The molecule has 0 fully saturated rings. The molecule has 0 aromatic carbocycles. The number of ether oxygens (including phenoxy) is 1. The molecule has 0 saturated carbocycles. The van der Waals surface area contributed by atoms with Gasteiger partial charge in [0.05, 0.1) is 23.3 Å². The van der Waals surface area contributed by atoms with Gasteiger partial charge in [0.15, 0.2) is 5.75 Å². The fourth-order valence-electron chi connectivity index (χ4n) is 3.76. The van der Waals surface area contributed by atoms with Crippen molar-refractivity contribution in [3.05, 3.63) is 65.8 Å². The number of fused-ring (bicyclic) bond motifs is 2. The fraction of sp³-hybridized carbons (Fsp3) is 0.263. The minimum Gasteiger partial charge on any atom is -0.403 e. The zero-order valence-electron chi connectivity index (χ0n) is 16.4. The van der Waals surface area contributed by atoms with Crippen LogP contribution in [-0.2, 0) is 12.6 Å². The molecule has 0 spiro atoms. The topological polar surface area (TPSA) is 84.2 Å². The number of alkyl halides is 6. The second-order valence-electron chi connectivity index (χ2n) is 7.20. The van der Waals surface area contributed by atoms with E-state index in [1.165, 1.54) is 29.2 Å². The van der Waals surface area contributed by atoms with Crippen molar-refractivity contribution in [3.8, 4) is 5.75 Å². The Morgan fingerprint density at radius 2 is 1.82 bits per heavy atom. The lowest BCUT2D eigenvalue weighted by Gasteiger charge is -2.33. The standard InChI is InChI=1S/C19H13F6N7O/c20-18(21,22)10-7-26-17(27-8-10)31-5-3-11-15(29-9-28-11)16(31)12-6-13-14(33-19(23,24)25)2-1-4-32(13)30-12/h1-2,4,6-9,16H,3,5H2,(H,28,29)/t16-/m1/s1. The first-order valence-electron chi connectivity index (χ1n) is 9.52. The molecule has 5 heterocycles.